The van der Waals surface area contributed by atoms with E-state index in [1.165, 1.54) is 4.90 Å². The molecule has 1 aliphatic heterocycles. The third-order valence-corrected chi connectivity index (χ3v) is 8.28. The predicted octanol–water partition coefficient (Wildman–Crippen LogP) is 3.58. The van der Waals surface area contributed by atoms with E-state index in [-0.39, 0.29) is 18.7 Å². The van der Waals surface area contributed by atoms with Gasteiger partial charge in [-0.05, 0) is 50.8 Å². The molecule has 2 atom stereocenters. The summed E-state index contributed by atoms with van der Waals surface area (Å²) in [5.41, 5.74) is -0.974. The minimum atomic E-state index is -5.09. The smallest absolute Gasteiger partial charge is 0.417 e. The summed E-state index contributed by atoms with van der Waals surface area (Å²) in [4.78, 5) is 12.3. The first-order valence-electron chi connectivity index (χ1n) is 10.1. The highest BCUT2D eigenvalue weighted by Crippen LogP contribution is 2.41. The van der Waals surface area contributed by atoms with Gasteiger partial charge in [-0.2, -0.15) is 18.3 Å². The molecule has 0 radical (unpaired) electrons. The van der Waals surface area contributed by atoms with Gasteiger partial charge in [-0.1, -0.05) is 0 Å². The molecule has 1 saturated heterocycles. The molecular formula is C20H21F4N3O4S. The van der Waals surface area contributed by atoms with Gasteiger partial charge in [-0.15, -0.1) is 0 Å². The van der Waals surface area contributed by atoms with Gasteiger partial charge in [0.1, 0.15) is 17.7 Å². The summed E-state index contributed by atoms with van der Waals surface area (Å²) >= 11 is 0. The van der Waals surface area contributed by atoms with Gasteiger partial charge in [0, 0.05) is 12.6 Å². The molecule has 0 spiro atoms. The van der Waals surface area contributed by atoms with E-state index >= 15 is 0 Å². The van der Waals surface area contributed by atoms with Gasteiger partial charge < -0.3 is 10.0 Å². The van der Waals surface area contributed by atoms with E-state index in [4.69, 9.17) is 0 Å². The zero-order valence-corrected chi connectivity index (χ0v) is 17.8. The number of hydrogen-bond acceptors (Lipinski definition) is 5. The van der Waals surface area contributed by atoms with E-state index < -0.39 is 56.0 Å². The van der Waals surface area contributed by atoms with Crippen LogP contribution in [0.3, 0.4) is 0 Å². The van der Waals surface area contributed by atoms with Crippen molar-refractivity contribution in [1.29, 1.82) is 0 Å². The lowest BCUT2D eigenvalue weighted by Crippen LogP contribution is -2.38. The van der Waals surface area contributed by atoms with Crippen molar-refractivity contribution in [3.63, 3.8) is 0 Å². The summed E-state index contributed by atoms with van der Waals surface area (Å²) in [7, 11) is -4.62. The highest BCUT2D eigenvalue weighted by molar-refractivity contribution is 7.92. The van der Waals surface area contributed by atoms with Gasteiger partial charge in [0.05, 0.1) is 27.4 Å². The van der Waals surface area contributed by atoms with Crippen LogP contribution in [-0.4, -0.2) is 47.1 Å². The third kappa shape index (κ3) is 3.84. The standard InChI is InChI=1S/C20H21F4N3O4S/c1-11-7-18(27(25-11)13-3-2-4-13)26-10-14(9-16(26)19(28)29)32(30,31)17-6-5-12(21)8-15(17)20(22,23)24/h5-8,13-14,16H,2-4,9-10H2,1H3,(H,28,29)/t14-,16+/m1/s1. The molecule has 174 valence electrons. The molecule has 1 saturated carbocycles. The van der Waals surface area contributed by atoms with Crippen LogP contribution in [0.2, 0.25) is 0 Å². The van der Waals surface area contributed by atoms with E-state index in [0.29, 0.717) is 23.6 Å². The molecule has 1 aromatic heterocycles. The number of benzene rings is 1. The summed E-state index contributed by atoms with van der Waals surface area (Å²) < 4.78 is 81.8. The Morgan fingerprint density at radius 2 is 1.91 bits per heavy atom. The number of aliphatic carboxylic acids is 1. The van der Waals surface area contributed by atoms with Gasteiger partial charge in [0.2, 0.25) is 0 Å². The molecule has 2 aliphatic rings. The summed E-state index contributed by atoms with van der Waals surface area (Å²) in [5.74, 6) is -2.06. The van der Waals surface area contributed by atoms with Crippen molar-refractivity contribution in [3.8, 4) is 0 Å². The van der Waals surface area contributed by atoms with E-state index in [9.17, 15) is 35.9 Å². The lowest BCUT2D eigenvalue weighted by Gasteiger charge is -2.31. The van der Waals surface area contributed by atoms with Crippen LogP contribution in [0.1, 0.15) is 43.0 Å². The fraction of sp³-hybridized carbons (Fsp3) is 0.500. The van der Waals surface area contributed by atoms with Crippen LogP contribution < -0.4 is 4.90 Å². The van der Waals surface area contributed by atoms with Gasteiger partial charge >= 0.3 is 12.1 Å². The second-order valence-corrected chi connectivity index (χ2v) is 10.4. The number of sulfone groups is 1. The number of rotatable bonds is 5. The predicted molar refractivity (Wildman–Crippen MR) is 106 cm³/mol. The zero-order chi connectivity index (χ0) is 23.4. The van der Waals surface area contributed by atoms with Crippen LogP contribution in [0.25, 0.3) is 0 Å². The monoisotopic (exact) mass is 475 g/mol. The molecule has 32 heavy (non-hydrogen) atoms. The Morgan fingerprint density at radius 3 is 2.47 bits per heavy atom. The number of alkyl halides is 3. The zero-order valence-electron chi connectivity index (χ0n) is 17.0. The minimum absolute atomic E-state index is 0.0673. The van der Waals surface area contributed by atoms with E-state index in [1.807, 2.05) is 0 Å². The number of aromatic nitrogens is 2. The number of carboxylic acids is 1. The van der Waals surface area contributed by atoms with E-state index in [2.05, 4.69) is 5.10 Å². The van der Waals surface area contributed by atoms with Gasteiger partial charge in [-0.3, -0.25) is 0 Å². The van der Waals surface area contributed by atoms with Gasteiger partial charge in [0.25, 0.3) is 0 Å². The molecule has 0 bridgehead atoms. The molecule has 12 heteroatoms. The average molecular weight is 475 g/mol. The van der Waals surface area contributed by atoms with Crippen molar-refractivity contribution in [2.75, 3.05) is 11.4 Å². The molecule has 2 fully saturated rings. The van der Waals surface area contributed by atoms with Crippen molar-refractivity contribution in [2.45, 2.75) is 61.0 Å². The third-order valence-electron chi connectivity index (χ3n) is 6.09. The second kappa shape index (κ2) is 7.75. The maximum atomic E-state index is 13.5. The largest absolute Gasteiger partial charge is 0.480 e. The molecule has 4 rings (SSSR count). The van der Waals surface area contributed by atoms with E-state index in [1.54, 1.807) is 17.7 Å². The molecular weight excluding hydrogens is 454 g/mol. The molecule has 2 aromatic rings. The number of nitrogens with zero attached hydrogens (tertiary/aromatic N) is 3. The van der Waals surface area contributed by atoms with Gasteiger partial charge in [0.15, 0.2) is 9.84 Å². The van der Waals surface area contributed by atoms with Crippen LogP contribution in [0.15, 0.2) is 29.2 Å². The Balaban J connectivity index is 1.74. The Hall–Kier alpha value is -2.63. The normalized spacial score (nSPS) is 22.2. The molecule has 7 nitrogen and oxygen atoms in total. The molecule has 1 aliphatic carbocycles. The second-order valence-electron chi connectivity index (χ2n) is 8.22. The first-order chi connectivity index (χ1) is 14.9. The van der Waals surface area contributed by atoms with Gasteiger partial charge in [-0.25, -0.2) is 22.3 Å². The summed E-state index contributed by atoms with van der Waals surface area (Å²) in [6, 6.07) is 1.86. The Morgan fingerprint density at radius 1 is 1.22 bits per heavy atom. The van der Waals surface area contributed by atoms with Crippen LogP contribution in [-0.2, 0) is 20.8 Å². The Kier molecular flexibility index (Phi) is 5.46. The SMILES string of the molecule is Cc1cc(N2C[C@H](S(=O)(=O)c3ccc(F)cc3C(F)(F)F)C[C@H]2C(=O)O)n(C2CCC2)n1. The minimum Gasteiger partial charge on any atom is -0.480 e. The molecule has 1 aromatic carbocycles. The maximum Gasteiger partial charge on any atom is 0.417 e. The van der Waals surface area contributed by atoms with Crippen molar-refractivity contribution < 1.29 is 35.9 Å². The van der Waals surface area contributed by atoms with Crippen molar-refractivity contribution >= 4 is 21.6 Å². The average Bonchev–Trinajstić information content (AvgIpc) is 3.23. The topological polar surface area (TPSA) is 92.5 Å². The quantitative estimate of drug-likeness (QED) is 0.525. The maximum absolute atomic E-state index is 13.5. The number of hydrogen-bond donors (Lipinski definition) is 1. The molecule has 1 N–H and O–H groups in total. The fourth-order valence-corrected chi connectivity index (χ4v) is 6.17. The Labute approximate surface area is 181 Å². The molecule has 0 amide bonds. The van der Waals surface area contributed by atoms with E-state index in [0.717, 1.165) is 19.3 Å². The first-order valence-corrected chi connectivity index (χ1v) is 11.6. The summed E-state index contributed by atoms with van der Waals surface area (Å²) in [6.45, 7) is 1.42. The van der Waals surface area contributed by atoms with Crippen molar-refractivity contribution in [1.82, 2.24) is 9.78 Å². The number of aryl methyl sites for hydroxylation is 1. The van der Waals surface area contributed by atoms with Crippen LogP contribution in [0.4, 0.5) is 23.4 Å². The number of carbonyl (C=O) groups is 1. The number of anilines is 1. The lowest BCUT2D eigenvalue weighted by molar-refractivity contribution is -0.140. The van der Waals surface area contributed by atoms with Crippen LogP contribution in [0, 0.1) is 12.7 Å². The highest BCUT2D eigenvalue weighted by Gasteiger charge is 2.47. The summed E-state index contributed by atoms with van der Waals surface area (Å²) in [6.07, 6.45) is -2.79. The fourth-order valence-electron chi connectivity index (χ4n) is 4.28. The Bertz CT molecular complexity index is 1160. The van der Waals surface area contributed by atoms with Crippen LogP contribution in [0.5, 0.6) is 0 Å². The lowest BCUT2D eigenvalue weighted by atomic mass is 9.93. The molecule has 0 unspecified atom stereocenters. The van der Waals surface area contributed by atoms with Crippen molar-refractivity contribution in [2.24, 2.45) is 0 Å². The first kappa shape index (κ1) is 22.6. The summed E-state index contributed by atoms with van der Waals surface area (Å²) in [5, 5.41) is 12.7. The van der Waals surface area contributed by atoms with Crippen LogP contribution >= 0.6 is 0 Å². The highest BCUT2D eigenvalue weighted by atomic mass is 32.2. The van der Waals surface area contributed by atoms with Crippen molar-refractivity contribution in [3.05, 3.63) is 41.3 Å². The molecule has 2 heterocycles. The number of carboxylic acid groups (broad SMARTS) is 1. The number of halogens is 4.